The van der Waals surface area contributed by atoms with E-state index in [-0.39, 0.29) is 30.6 Å². The first-order valence-corrected chi connectivity index (χ1v) is 6.51. The Morgan fingerprint density at radius 1 is 1.00 bits per heavy atom. The predicted molar refractivity (Wildman–Crippen MR) is 78.9 cm³/mol. The maximum absolute atomic E-state index is 11.5. The smallest absolute Gasteiger partial charge is 0.413 e. The molecule has 0 bridgehead atoms. The van der Waals surface area contributed by atoms with Crippen LogP contribution in [0.4, 0.5) is 4.79 Å². The second kappa shape index (κ2) is 7.75. The lowest BCUT2D eigenvalue weighted by Gasteiger charge is -2.09. The van der Waals surface area contributed by atoms with Gasteiger partial charge < -0.3 is 25.0 Å². The maximum atomic E-state index is 11.5. The molecule has 2 aromatic carbocycles. The van der Waals surface area contributed by atoms with E-state index in [0.29, 0.717) is 5.75 Å². The van der Waals surface area contributed by atoms with Gasteiger partial charge in [-0.1, -0.05) is 12.1 Å². The summed E-state index contributed by atoms with van der Waals surface area (Å²) in [6.07, 6.45) is -0.657. The SMILES string of the molecule is O=C(NCNCOc1cccc(O)c1)Oc1cccc(O)c1. The number of rotatable bonds is 6. The Bertz CT molecular complexity index is 633. The molecular weight excluding hydrogens is 288 g/mol. The van der Waals surface area contributed by atoms with Gasteiger partial charge in [0.25, 0.3) is 0 Å². The van der Waals surface area contributed by atoms with Crippen molar-refractivity contribution in [2.24, 2.45) is 0 Å². The summed E-state index contributed by atoms with van der Waals surface area (Å²) >= 11 is 0. The van der Waals surface area contributed by atoms with Crippen LogP contribution in [0.5, 0.6) is 23.0 Å². The molecule has 0 aliphatic heterocycles. The third-order valence-electron chi connectivity index (χ3n) is 2.54. The predicted octanol–water partition coefficient (Wildman–Crippen LogP) is 1.77. The number of ether oxygens (including phenoxy) is 2. The average molecular weight is 304 g/mol. The molecule has 7 heteroatoms. The third-order valence-corrected chi connectivity index (χ3v) is 2.54. The fourth-order valence-corrected chi connectivity index (χ4v) is 1.58. The van der Waals surface area contributed by atoms with E-state index in [4.69, 9.17) is 9.47 Å². The van der Waals surface area contributed by atoms with Crippen molar-refractivity contribution in [2.45, 2.75) is 0 Å². The summed E-state index contributed by atoms with van der Waals surface area (Å²) in [5.41, 5.74) is 0. The molecule has 0 atom stereocenters. The number of phenolic OH excluding ortho intramolecular Hbond substituents is 2. The van der Waals surface area contributed by atoms with E-state index < -0.39 is 6.09 Å². The van der Waals surface area contributed by atoms with Crippen LogP contribution in [0.3, 0.4) is 0 Å². The quantitative estimate of drug-likeness (QED) is 0.479. The van der Waals surface area contributed by atoms with Gasteiger partial charge in [0, 0.05) is 12.1 Å². The molecule has 0 saturated heterocycles. The number of hydrogen-bond donors (Lipinski definition) is 4. The van der Waals surface area contributed by atoms with Gasteiger partial charge >= 0.3 is 6.09 Å². The van der Waals surface area contributed by atoms with Crippen LogP contribution in [-0.4, -0.2) is 29.7 Å². The molecule has 0 unspecified atom stereocenters. The summed E-state index contributed by atoms with van der Waals surface area (Å²) in [6, 6.07) is 12.3. The van der Waals surface area contributed by atoms with Crippen molar-refractivity contribution in [1.82, 2.24) is 10.6 Å². The number of hydrogen-bond acceptors (Lipinski definition) is 6. The van der Waals surface area contributed by atoms with Crippen molar-refractivity contribution in [3.8, 4) is 23.0 Å². The van der Waals surface area contributed by atoms with Crippen LogP contribution in [0.15, 0.2) is 48.5 Å². The summed E-state index contributed by atoms with van der Waals surface area (Å²) in [5.74, 6) is 0.886. The normalized spacial score (nSPS) is 10.0. The molecular formula is C15H16N2O5. The van der Waals surface area contributed by atoms with E-state index in [2.05, 4.69) is 10.6 Å². The Kier molecular flexibility index (Phi) is 5.44. The monoisotopic (exact) mass is 304 g/mol. The van der Waals surface area contributed by atoms with Gasteiger partial charge in [0.15, 0.2) is 0 Å². The maximum Gasteiger partial charge on any atom is 0.413 e. The fourth-order valence-electron chi connectivity index (χ4n) is 1.58. The zero-order valence-corrected chi connectivity index (χ0v) is 11.7. The number of carbonyl (C=O) groups is 1. The topological polar surface area (TPSA) is 100 Å². The Balaban J connectivity index is 1.63. The fraction of sp³-hybridized carbons (Fsp3) is 0.133. The van der Waals surface area contributed by atoms with Crippen molar-refractivity contribution in [1.29, 1.82) is 0 Å². The van der Waals surface area contributed by atoms with Crippen molar-refractivity contribution in [3.63, 3.8) is 0 Å². The van der Waals surface area contributed by atoms with E-state index >= 15 is 0 Å². The van der Waals surface area contributed by atoms with Crippen molar-refractivity contribution < 1.29 is 24.5 Å². The lowest BCUT2D eigenvalue weighted by molar-refractivity contribution is 0.197. The molecule has 2 rings (SSSR count). The highest BCUT2D eigenvalue weighted by atomic mass is 16.6. The third kappa shape index (κ3) is 5.22. The molecule has 0 aliphatic carbocycles. The summed E-state index contributed by atoms with van der Waals surface area (Å²) in [7, 11) is 0. The van der Waals surface area contributed by atoms with Crippen molar-refractivity contribution in [2.75, 3.05) is 13.4 Å². The first-order valence-electron chi connectivity index (χ1n) is 6.51. The summed E-state index contributed by atoms with van der Waals surface area (Å²) < 4.78 is 10.3. The molecule has 0 fully saturated rings. The minimum atomic E-state index is -0.657. The molecule has 0 heterocycles. The molecule has 0 aliphatic rings. The Morgan fingerprint density at radius 2 is 1.64 bits per heavy atom. The minimum absolute atomic E-state index is 0.0166. The Morgan fingerprint density at radius 3 is 2.32 bits per heavy atom. The lowest BCUT2D eigenvalue weighted by Crippen LogP contribution is -2.37. The van der Waals surface area contributed by atoms with Crippen molar-refractivity contribution >= 4 is 6.09 Å². The molecule has 0 saturated carbocycles. The highest BCUT2D eigenvalue weighted by molar-refractivity contribution is 5.70. The van der Waals surface area contributed by atoms with Gasteiger partial charge in [-0.25, -0.2) is 4.79 Å². The summed E-state index contributed by atoms with van der Waals surface area (Å²) in [4.78, 5) is 11.5. The van der Waals surface area contributed by atoms with Gasteiger partial charge in [-0.15, -0.1) is 0 Å². The van der Waals surface area contributed by atoms with Gasteiger partial charge in [0.2, 0.25) is 0 Å². The van der Waals surface area contributed by atoms with Gasteiger partial charge in [-0.05, 0) is 24.3 Å². The first kappa shape index (κ1) is 15.5. The van der Waals surface area contributed by atoms with Crippen LogP contribution >= 0.6 is 0 Å². The highest BCUT2D eigenvalue weighted by Crippen LogP contribution is 2.18. The Labute approximate surface area is 127 Å². The lowest BCUT2D eigenvalue weighted by atomic mass is 10.3. The summed E-state index contributed by atoms with van der Waals surface area (Å²) in [5, 5.41) is 23.8. The molecule has 2 aromatic rings. The van der Waals surface area contributed by atoms with Crippen molar-refractivity contribution in [3.05, 3.63) is 48.5 Å². The molecule has 1 amide bonds. The van der Waals surface area contributed by atoms with Gasteiger partial charge in [-0.2, -0.15) is 0 Å². The molecule has 116 valence electrons. The number of nitrogens with one attached hydrogen (secondary N) is 2. The number of benzene rings is 2. The van der Waals surface area contributed by atoms with E-state index in [9.17, 15) is 15.0 Å². The number of carbonyl (C=O) groups excluding carboxylic acids is 1. The average Bonchev–Trinajstić information content (AvgIpc) is 2.47. The molecule has 0 spiro atoms. The van der Waals surface area contributed by atoms with E-state index in [1.165, 1.54) is 18.2 Å². The van der Waals surface area contributed by atoms with E-state index in [1.807, 2.05) is 0 Å². The highest BCUT2D eigenvalue weighted by Gasteiger charge is 2.03. The van der Waals surface area contributed by atoms with E-state index in [0.717, 1.165) is 0 Å². The van der Waals surface area contributed by atoms with E-state index in [1.54, 1.807) is 30.3 Å². The standard InChI is InChI=1S/C15H16N2O5/c18-11-3-1-5-13(7-11)21-10-16-9-17-15(20)22-14-6-2-4-12(19)8-14/h1-8,16,18-19H,9-10H2,(H,17,20). The molecule has 4 N–H and O–H groups in total. The molecule has 22 heavy (non-hydrogen) atoms. The molecule has 7 nitrogen and oxygen atoms in total. The second-order valence-electron chi connectivity index (χ2n) is 4.28. The molecule has 0 radical (unpaired) electrons. The zero-order valence-electron chi connectivity index (χ0n) is 11.7. The number of aromatic hydroxyl groups is 2. The number of amides is 1. The van der Waals surface area contributed by atoms with Crippen LogP contribution in [0, 0.1) is 0 Å². The second-order valence-corrected chi connectivity index (χ2v) is 4.28. The summed E-state index contributed by atoms with van der Waals surface area (Å²) in [6.45, 7) is 0.284. The Hall–Kier alpha value is -2.93. The van der Waals surface area contributed by atoms with Gasteiger partial charge in [-0.3, -0.25) is 5.32 Å². The van der Waals surface area contributed by atoms with Crippen LogP contribution < -0.4 is 20.1 Å². The first-order chi connectivity index (χ1) is 10.6. The van der Waals surface area contributed by atoms with Crippen LogP contribution in [0.1, 0.15) is 0 Å². The van der Waals surface area contributed by atoms with Gasteiger partial charge in [0.1, 0.15) is 29.7 Å². The largest absolute Gasteiger partial charge is 0.508 e. The van der Waals surface area contributed by atoms with Crippen LogP contribution in [0.25, 0.3) is 0 Å². The molecule has 0 aromatic heterocycles. The zero-order chi connectivity index (χ0) is 15.8. The van der Waals surface area contributed by atoms with Crippen LogP contribution in [-0.2, 0) is 0 Å². The van der Waals surface area contributed by atoms with Gasteiger partial charge in [0.05, 0.1) is 6.67 Å². The number of phenols is 2. The minimum Gasteiger partial charge on any atom is -0.508 e. The van der Waals surface area contributed by atoms with Crippen LogP contribution in [0.2, 0.25) is 0 Å².